The minimum Gasteiger partial charge on any atom is -0.315 e. The topological polar surface area (TPSA) is 49.4 Å². The van der Waals surface area contributed by atoms with Crippen molar-refractivity contribution in [2.45, 2.75) is 57.5 Å². The highest BCUT2D eigenvalue weighted by Crippen LogP contribution is 2.34. The maximum Gasteiger partial charge on any atom is 0.245 e. The van der Waals surface area contributed by atoms with E-state index in [-0.39, 0.29) is 6.04 Å². The van der Waals surface area contributed by atoms with Gasteiger partial charge in [-0.2, -0.15) is 4.31 Å². The van der Waals surface area contributed by atoms with E-state index in [0.717, 1.165) is 24.1 Å². The average molecular weight is 397 g/mol. The van der Waals surface area contributed by atoms with Gasteiger partial charge in [-0.1, -0.05) is 19.8 Å². The highest BCUT2D eigenvalue weighted by Gasteiger charge is 2.29. The lowest BCUT2D eigenvalue weighted by molar-refractivity contribution is 0.345. The van der Waals surface area contributed by atoms with Crippen LogP contribution in [-0.2, 0) is 16.6 Å². The van der Waals surface area contributed by atoms with Gasteiger partial charge in [0, 0.05) is 24.0 Å². The highest BCUT2D eigenvalue weighted by molar-refractivity contribution is 9.11. The number of rotatable bonds is 9. The normalized spacial score (nSPS) is 12.5. The van der Waals surface area contributed by atoms with Crippen LogP contribution in [0, 0.1) is 0 Å². The maximum absolute atomic E-state index is 12.9. The average Bonchev–Trinajstić information content (AvgIpc) is 2.76. The van der Waals surface area contributed by atoms with Gasteiger partial charge in [-0.25, -0.2) is 8.42 Å². The summed E-state index contributed by atoms with van der Waals surface area (Å²) in [4.78, 5) is 1.41. The van der Waals surface area contributed by atoms with Crippen LogP contribution < -0.4 is 5.32 Å². The van der Waals surface area contributed by atoms with Crippen LogP contribution in [0.1, 0.15) is 44.9 Å². The molecular formula is C14H25BrN2O2S2. The van der Waals surface area contributed by atoms with E-state index in [2.05, 4.69) is 28.2 Å². The van der Waals surface area contributed by atoms with E-state index in [1.807, 2.05) is 20.9 Å². The Morgan fingerprint density at radius 3 is 2.57 bits per heavy atom. The van der Waals surface area contributed by atoms with Crippen LogP contribution in [-0.4, -0.2) is 32.4 Å². The number of halogens is 1. The zero-order chi connectivity index (χ0) is 16.0. The number of sulfonamides is 1. The Bertz CT molecular complexity index is 541. The molecule has 0 aliphatic rings. The van der Waals surface area contributed by atoms with Crippen molar-refractivity contribution in [3.05, 3.63) is 14.7 Å². The Labute approximate surface area is 141 Å². The first-order valence-corrected chi connectivity index (χ1v) is 10.3. The van der Waals surface area contributed by atoms with E-state index >= 15 is 0 Å². The maximum atomic E-state index is 12.9. The van der Waals surface area contributed by atoms with Gasteiger partial charge in [0.2, 0.25) is 10.0 Å². The number of thiophene rings is 1. The molecule has 0 aliphatic heterocycles. The van der Waals surface area contributed by atoms with Crippen molar-refractivity contribution in [1.29, 1.82) is 0 Å². The van der Waals surface area contributed by atoms with Gasteiger partial charge in [-0.3, -0.25) is 0 Å². The van der Waals surface area contributed by atoms with Crippen molar-refractivity contribution in [2.24, 2.45) is 0 Å². The lowest BCUT2D eigenvalue weighted by Gasteiger charge is -2.25. The van der Waals surface area contributed by atoms with Gasteiger partial charge in [0.15, 0.2) is 0 Å². The Kier molecular flexibility index (Phi) is 7.84. The number of hydrogen-bond acceptors (Lipinski definition) is 4. The summed E-state index contributed by atoms with van der Waals surface area (Å²) >= 11 is 4.88. The molecule has 0 bridgehead atoms. The number of nitrogens with one attached hydrogen (secondary N) is 1. The summed E-state index contributed by atoms with van der Waals surface area (Å²) < 4.78 is 28.1. The molecule has 0 amide bonds. The van der Waals surface area contributed by atoms with Crippen LogP contribution in [0.5, 0.6) is 0 Å². The third kappa shape index (κ3) is 5.03. The van der Waals surface area contributed by atoms with Gasteiger partial charge in [0.25, 0.3) is 0 Å². The summed E-state index contributed by atoms with van der Waals surface area (Å²) in [7, 11) is -1.59. The third-order valence-corrected chi connectivity index (χ3v) is 7.53. The number of nitrogens with zero attached hydrogens (tertiary/aromatic N) is 1. The van der Waals surface area contributed by atoms with Crippen molar-refractivity contribution >= 4 is 37.3 Å². The van der Waals surface area contributed by atoms with Gasteiger partial charge < -0.3 is 5.32 Å². The first-order chi connectivity index (χ1) is 9.84. The molecule has 0 saturated heterocycles. The molecule has 0 saturated carbocycles. The minimum absolute atomic E-state index is 0.0357. The highest BCUT2D eigenvalue weighted by atomic mass is 79.9. The summed E-state index contributed by atoms with van der Waals surface area (Å²) in [6.07, 6.45) is 3.04. The van der Waals surface area contributed by atoms with Gasteiger partial charge >= 0.3 is 0 Å². The van der Waals surface area contributed by atoms with E-state index < -0.39 is 10.0 Å². The lowest BCUT2D eigenvalue weighted by atomic mass is 10.2. The fraction of sp³-hybridized carbons (Fsp3) is 0.714. The Hall–Kier alpha value is 0.0500. The van der Waals surface area contributed by atoms with E-state index in [1.54, 1.807) is 10.4 Å². The van der Waals surface area contributed by atoms with Crippen LogP contribution in [0.25, 0.3) is 0 Å². The SMILES string of the molecule is CCCCCN(C(C)C)S(=O)(=O)c1cc(CNC)sc1Br. The quantitative estimate of drug-likeness (QED) is 0.645. The van der Waals surface area contributed by atoms with Crippen molar-refractivity contribution in [1.82, 2.24) is 9.62 Å². The largest absolute Gasteiger partial charge is 0.315 e. The first kappa shape index (κ1) is 19.1. The Balaban J connectivity index is 3.04. The molecule has 1 heterocycles. The molecule has 0 radical (unpaired) electrons. The van der Waals surface area contributed by atoms with Gasteiger partial charge in [0.05, 0.1) is 3.79 Å². The summed E-state index contributed by atoms with van der Waals surface area (Å²) in [5, 5.41) is 3.05. The second-order valence-electron chi connectivity index (χ2n) is 5.30. The smallest absolute Gasteiger partial charge is 0.245 e. The summed E-state index contributed by atoms with van der Waals surface area (Å²) in [5.74, 6) is 0. The molecule has 1 aromatic rings. The standard InChI is InChI=1S/C14H25BrN2O2S2/c1-5-6-7-8-17(11(2)3)21(18,19)13-9-12(10-16-4)20-14(13)15/h9,11,16H,5-8,10H2,1-4H3. The summed E-state index contributed by atoms with van der Waals surface area (Å²) in [6, 6.07) is 1.74. The van der Waals surface area contributed by atoms with Crippen LogP contribution in [0.2, 0.25) is 0 Å². The van der Waals surface area contributed by atoms with Crippen molar-refractivity contribution in [2.75, 3.05) is 13.6 Å². The molecule has 0 atom stereocenters. The fourth-order valence-electron chi connectivity index (χ4n) is 2.13. The van der Waals surface area contributed by atoms with Crippen molar-refractivity contribution in [3.8, 4) is 0 Å². The van der Waals surface area contributed by atoms with Gasteiger partial charge in [0.1, 0.15) is 4.90 Å². The summed E-state index contributed by atoms with van der Waals surface area (Å²) in [6.45, 7) is 7.23. The lowest BCUT2D eigenvalue weighted by Crippen LogP contribution is -2.37. The molecule has 0 unspecified atom stereocenters. The third-order valence-electron chi connectivity index (χ3n) is 3.20. The monoisotopic (exact) mass is 396 g/mol. The van der Waals surface area contributed by atoms with Crippen LogP contribution in [0.15, 0.2) is 14.7 Å². The second kappa shape index (κ2) is 8.62. The predicted octanol–water partition coefficient (Wildman–Crippen LogP) is 3.82. The molecule has 1 rings (SSSR count). The molecule has 21 heavy (non-hydrogen) atoms. The zero-order valence-electron chi connectivity index (χ0n) is 13.1. The second-order valence-corrected chi connectivity index (χ2v) is 9.61. The molecule has 0 aliphatic carbocycles. The molecule has 0 spiro atoms. The summed E-state index contributed by atoms with van der Waals surface area (Å²) in [5.41, 5.74) is 0. The molecule has 1 N–H and O–H groups in total. The minimum atomic E-state index is -3.44. The molecule has 0 aromatic carbocycles. The van der Waals surface area contributed by atoms with Crippen LogP contribution >= 0.6 is 27.3 Å². The molecule has 4 nitrogen and oxygen atoms in total. The van der Waals surface area contributed by atoms with Crippen molar-refractivity contribution < 1.29 is 8.42 Å². The van der Waals surface area contributed by atoms with Crippen LogP contribution in [0.4, 0.5) is 0 Å². The van der Waals surface area contributed by atoms with Gasteiger partial charge in [-0.15, -0.1) is 11.3 Å². The van der Waals surface area contributed by atoms with Crippen molar-refractivity contribution in [3.63, 3.8) is 0 Å². The molecule has 0 fully saturated rings. The van der Waals surface area contributed by atoms with Crippen LogP contribution in [0.3, 0.4) is 0 Å². The van der Waals surface area contributed by atoms with E-state index in [0.29, 0.717) is 21.8 Å². The Morgan fingerprint density at radius 1 is 1.38 bits per heavy atom. The first-order valence-electron chi connectivity index (χ1n) is 7.29. The fourth-order valence-corrected chi connectivity index (χ4v) is 6.46. The van der Waals surface area contributed by atoms with E-state index in [9.17, 15) is 8.42 Å². The predicted molar refractivity (Wildman–Crippen MR) is 93.3 cm³/mol. The molecular weight excluding hydrogens is 372 g/mol. The van der Waals surface area contributed by atoms with Gasteiger partial charge in [-0.05, 0) is 49.3 Å². The van der Waals surface area contributed by atoms with E-state index in [1.165, 1.54) is 11.3 Å². The Morgan fingerprint density at radius 2 is 2.05 bits per heavy atom. The van der Waals surface area contributed by atoms with E-state index in [4.69, 9.17) is 0 Å². The molecule has 1 aromatic heterocycles. The number of unbranched alkanes of at least 4 members (excludes halogenated alkanes) is 2. The molecule has 122 valence electrons. The molecule has 7 heteroatoms. The zero-order valence-corrected chi connectivity index (χ0v) is 16.4. The number of hydrogen-bond donors (Lipinski definition) is 1.